The highest BCUT2D eigenvalue weighted by molar-refractivity contribution is 7.22. The molecule has 344 valence electrons. The van der Waals surface area contributed by atoms with Crippen molar-refractivity contribution < 1.29 is 0 Å². The number of para-hydroxylation sites is 3. The zero-order valence-electron chi connectivity index (χ0n) is 39.8. The second-order valence-electron chi connectivity index (χ2n) is 19.3. The van der Waals surface area contributed by atoms with Gasteiger partial charge in [-0.05, 0) is 117 Å². The third-order valence-corrected chi connectivity index (χ3v) is 16.4. The van der Waals surface area contributed by atoms with Gasteiger partial charge in [-0.2, -0.15) is 0 Å². The molecule has 0 bridgehead atoms. The van der Waals surface area contributed by atoms with Gasteiger partial charge in [0.05, 0.1) is 49.0 Å². The summed E-state index contributed by atoms with van der Waals surface area (Å²) in [7, 11) is 0. The molecule has 0 saturated carbocycles. The maximum absolute atomic E-state index is 5.70. The summed E-state index contributed by atoms with van der Waals surface area (Å²) in [6.07, 6.45) is 0. The quantitative estimate of drug-likeness (QED) is 0.167. The normalized spacial score (nSPS) is 12.1. The van der Waals surface area contributed by atoms with Crippen molar-refractivity contribution in [3.05, 3.63) is 249 Å². The van der Waals surface area contributed by atoms with E-state index in [1.54, 1.807) is 11.3 Å². The van der Waals surface area contributed by atoms with E-state index in [2.05, 4.69) is 262 Å². The van der Waals surface area contributed by atoms with Crippen molar-refractivity contribution in [1.82, 2.24) is 23.7 Å². The van der Waals surface area contributed by atoms with Crippen molar-refractivity contribution in [3.8, 4) is 50.1 Å². The second kappa shape index (κ2) is 15.9. The van der Waals surface area contributed by atoms with Gasteiger partial charge in [0.2, 0.25) is 5.95 Å². The molecule has 11 aromatic carbocycles. The van der Waals surface area contributed by atoms with Crippen LogP contribution in [0.4, 0.5) is 0 Å². The Balaban J connectivity index is 0.937. The van der Waals surface area contributed by atoms with Gasteiger partial charge in [-0.25, -0.2) is 9.97 Å². The van der Waals surface area contributed by atoms with E-state index in [-0.39, 0.29) is 0 Å². The first-order valence-electron chi connectivity index (χ1n) is 25.1. The van der Waals surface area contributed by atoms with Crippen molar-refractivity contribution in [2.24, 2.45) is 0 Å². The first-order chi connectivity index (χ1) is 36.7. The van der Waals surface area contributed by atoms with Crippen LogP contribution in [-0.4, -0.2) is 23.7 Å². The van der Waals surface area contributed by atoms with E-state index in [0.717, 1.165) is 76.4 Å². The molecule has 0 spiro atoms. The summed E-state index contributed by atoms with van der Waals surface area (Å²) in [5.41, 5.74) is 15.4. The molecule has 0 aliphatic rings. The molecule has 5 aromatic heterocycles. The Kier molecular flexibility index (Phi) is 8.84. The maximum atomic E-state index is 5.70. The van der Waals surface area contributed by atoms with Crippen LogP contribution in [0, 0.1) is 0 Å². The average Bonchev–Trinajstić information content (AvgIpc) is 4.24. The van der Waals surface area contributed by atoms with Crippen molar-refractivity contribution in [2.45, 2.75) is 0 Å². The minimum Gasteiger partial charge on any atom is -0.309 e. The van der Waals surface area contributed by atoms with Crippen molar-refractivity contribution in [3.63, 3.8) is 0 Å². The highest BCUT2D eigenvalue weighted by Crippen LogP contribution is 2.45. The van der Waals surface area contributed by atoms with Crippen LogP contribution >= 0.6 is 11.3 Å². The lowest BCUT2D eigenvalue weighted by Crippen LogP contribution is -2.02. The van der Waals surface area contributed by atoms with E-state index in [0.29, 0.717) is 5.95 Å². The van der Waals surface area contributed by atoms with Crippen LogP contribution in [0.2, 0.25) is 0 Å². The van der Waals surface area contributed by atoms with Crippen LogP contribution in [0.25, 0.3) is 147 Å². The fourth-order valence-corrected chi connectivity index (χ4v) is 13.1. The molecule has 6 heteroatoms. The molecule has 5 nitrogen and oxygen atoms in total. The van der Waals surface area contributed by atoms with E-state index in [1.807, 2.05) is 0 Å². The molecule has 74 heavy (non-hydrogen) atoms. The molecule has 0 fully saturated rings. The molecule has 0 amide bonds. The molecule has 0 N–H and O–H groups in total. The van der Waals surface area contributed by atoms with E-state index in [4.69, 9.17) is 9.97 Å². The predicted molar refractivity (Wildman–Crippen MR) is 312 cm³/mol. The van der Waals surface area contributed by atoms with Gasteiger partial charge < -0.3 is 9.13 Å². The molecule has 0 radical (unpaired) electrons. The SMILES string of the molecule is c1ccc(-c2cc3nc(-n4c5ccc(-c6ccc7c8c9ccccc9ccc8n(-c8ccccc8)c7c6)cc5c5c6ccccc6ccc54)nc(-c4ccc5c(c4)c4ccccc4n5-c4ccccc4)c3s2)cc1. The average molecular weight is 960 g/mol. The maximum Gasteiger partial charge on any atom is 0.235 e. The van der Waals surface area contributed by atoms with Gasteiger partial charge in [0.15, 0.2) is 0 Å². The van der Waals surface area contributed by atoms with Crippen LogP contribution in [0.5, 0.6) is 0 Å². The highest BCUT2D eigenvalue weighted by Gasteiger charge is 2.23. The summed E-state index contributed by atoms with van der Waals surface area (Å²) >= 11 is 1.76. The van der Waals surface area contributed by atoms with Crippen molar-refractivity contribution >= 4 is 109 Å². The molecule has 0 aliphatic carbocycles. The minimum absolute atomic E-state index is 0.640. The fourth-order valence-electron chi connectivity index (χ4n) is 11.9. The van der Waals surface area contributed by atoms with E-state index in [9.17, 15) is 0 Å². The van der Waals surface area contributed by atoms with Crippen LogP contribution in [0.15, 0.2) is 249 Å². The van der Waals surface area contributed by atoms with Gasteiger partial charge in [-0.1, -0.05) is 170 Å². The van der Waals surface area contributed by atoms with Crippen LogP contribution in [0.1, 0.15) is 0 Å². The van der Waals surface area contributed by atoms with Crippen LogP contribution in [0.3, 0.4) is 0 Å². The highest BCUT2D eigenvalue weighted by atomic mass is 32.1. The molecule has 16 rings (SSSR count). The monoisotopic (exact) mass is 959 g/mol. The fraction of sp³-hybridized carbons (Fsp3) is 0. The van der Waals surface area contributed by atoms with Gasteiger partial charge in [-0.15, -0.1) is 11.3 Å². The number of rotatable bonds is 6. The summed E-state index contributed by atoms with van der Waals surface area (Å²) in [5.74, 6) is 0.640. The summed E-state index contributed by atoms with van der Waals surface area (Å²) in [6.45, 7) is 0. The number of hydrogen-bond donors (Lipinski definition) is 0. The van der Waals surface area contributed by atoms with Gasteiger partial charge >= 0.3 is 0 Å². The predicted octanol–water partition coefficient (Wildman–Crippen LogP) is 18.3. The number of benzene rings is 11. The Bertz CT molecular complexity index is 4950. The van der Waals surface area contributed by atoms with E-state index in [1.165, 1.54) is 65.0 Å². The lowest BCUT2D eigenvalue weighted by Gasteiger charge is -2.11. The number of thiophene rings is 1. The first-order valence-corrected chi connectivity index (χ1v) is 26.0. The number of fused-ring (bicyclic) bond motifs is 14. The van der Waals surface area contributed by atoms with Crippen molar-refractivity contribution in [1.29, 1.82) is 0 Å². The smallest absolute Gasteiger partial charge is 0.235 e. The molecule has 5 heterocycles. The topological polar surface area (TPSA) is 40.6 Å². The zero-order valence-corrected chi connectivity index (χ0v) is 40.6. The van der Waals surface area contributed by atoms with Gasteiger partial charge in [0.25, 0.3) is 0 Å². The largest absolute Gasteiger partial charge is 0.309 e. The summed E-state index contributed by atoms with van der Waals surface area (Å²) in [4.78, 5) is 12.4. The standard InChI is InChI=1S/C68H41N5S/c1-4-18-44(19-5-1)63-41-56-67(74-63)66(47-32-35-58-54(39-47)52-26-14-15-27-57(52)71(58)48-20-6-2-7-21-48)70-68(69-56)73-59-34-31-45(38-55(59)65-51-25-13-11-17-43(51)30-37-61(65)73)46-28-33-53-62(40-46)72(49-22-8-3-9-23-49)60-36-29-42-16-10-12-24-50(42)64(53)60/h1-41H. The molecule has 0 atom stereocenters. The van der Waals surface area contributed by atoms with E-state index < -0.39 is 0 Å². The van der Waals surface area contributed by atoms with Gasteiger partial charge in [0.1, 0.15) is 0 Å². The first kappa shape index (κ1) is 41.0. The van der Waals surface area contributed by atoms with Crippen LogP contribution < -0.4 is 0 Å². The Morgan fingerprint density at radius 3 is 1.53 bits per heavy atom. The molecule has 0 aliphatic heterocycles. The summed E-state index contributed by atoms with van der Waals surface area (Å²) in [6, 6.07) is 90.3. The van der Waals surface area contributed by atoms with Gasteiger partial charge in [-0.3, -0.25) is 4.57 Å². The molecule has 0 saturated heterocycles. The second-order valence-corrected chi connectivity index (χ2v) is 20.4. The van der Waals surface area contributed by atoms with Crippen LogP contribution in [-0.2, 0) is 0 Å². The summed E-state index contributed by atoms with van der Waals surface area (Å²) < 4.78 is 8.15. The van der Waals surface area contributed by atoms with Gasteiger partial charge in [0, 0.05) is 54.1 Å². The lowest BCUT2D eigenvalue weighted by molar-refractivity contribution is 1.02. The molecular weight excluding hydrogens is 919 g/mol. The molecule has 0 unspecified atom stereocenters. The Labute approximate surface area is 428 Å². The third kappa shape index (κ3) is 6.09. The number of nitrogens with zero attached hydrogens (tertiary/aromatic N) is 5. The number of hydrogen-bond acceptors (Lipinski definition) is 3. The Morgan fingerprint density at radius 2 is 0.811 bits per heavy atom. The molecular formula is C68H41N5S. The van der Waals surface area contributed by atoms with Crippen molar-refractivity contribution in [2.75, 3.05) is 0 Å². The summed E-state index contributed by atoms with van der Waals surface area (Å²) in [5, 5.41) is 12.1. The molecule has 16 aromatic rings. The Morgan fingerprint density at radius 1 is 0.297 bits per heavy atom. The zero-order chi connectivity index (χ0) is 48.4. The van der Waals surface area contributed by atoms with E-state index >= 15 is 0 Å². The third-order valence-electron chi connectivity index (χ3n) is 15.2. The minimum atomic E-state index is 0.640. The number of aromatic nitrogens is 5. The lowest BCUT2D eigenvalue weighted by atomic mass is 9.98. The Hall–Kier alpha value is -9.62.